The lowest BCUT2D eigenvalue weighted by Gasteiger charge is -2.11. The van der Waals surface area contributed by atoms with Gasteiger partial charge in [-0.3, -0.25) is 0 Å². The quantitative estimate of drug-likeness (QED) is 0.336. The first-order chi connectivity index (χ1) is 14.1. The lowest BCUT2D eigenvalue weighted by molar-refractivity contribution is 0.295. The number of halogens is 2. The fraction of sp³-hybridized carbons (Fsp3) is 0.308. The molecule has 0 heterocycles. The molecule has 0 radical (unpaired) electrons. The van der Waals surface area contributed by atoms with Crippen LogP contribution in [0, 0.1) is 11.6 Å². The van der Waals surface area contributed by atoms with Crippen LogP contribution in [-0.2, 0) is 6.42 Å². The zero-order valence-corrected chi connectivity index (χ0v) is 17.2. The van der Waals surface area contributed by atoms with Crippen molar-refractivity contribution in [2.45, 2.75) is 46.0 Å². The van der Waals surface area contributed by atoms with Crippen molar-refractivity contribution in [3.8, 4) is 28.0 Å². The van der Waals surface area contributed by atoms with E-state index in [4.69, 9.17) is 4.74 Å². The highest BCUT2D eigenvalue weighted by atomic mass is 19.2. The largest absolute Gasteiger partial charge is 0.490 e. The average molecular weight is 395 g/mol. The maximum absolute atomic E-state index is 14.5. The molecule has 0 bridgehead atoms. The zero-order chi connectivity index (χ0) is 20.6. The van der Waals surface area contributed by atoms with Gasteiger partial charge < -0.3 is 4.74 Å². The Bertz CT molecular complexity index is 915. The first kappa shape index (κ1) is 21.0. The van der Waals surface area contributed by atoms with E-state index < -0.39 is 11.6 Å². The minimum Gasteiger partial charge on any atom is -0.490 e. The smallest absolute Gasteiger partial charge is 0.201 e. The Hall–Kier alpha value is -2.68. The van der Waals surface area contributed by atoms with Crippen molar-refractivity contribution < 1.29 is 13.5 Å². The molecule has 0 saturated heterocycles. The van der Waals surface area contributed by atoms with E-state index in [0.717, 1.165) is 24.0 Å². The topological polar surface area (TPSA) is 9.23 Å². The Balaban J connectivity index is 1.76. The second-order valence-corrected chi connectivity index (χ2v) is 7.32. The van der Waals surface area contributed by atoms with Gasteiger partial charge in [0.15, 0.2) is 11.6 Å². The van der Waals surface area contributed by atoms with E-state index in [1.54, 1.807) is 6.07 Å². The van der Waals surface area contributed by atoms with Crippen LogP contribution in [0.3, 0.4) is 0 Å². The summed E-state index contributed by atoms with van der Waals surface area (Å²) in [6, 6.07) is 19.2. The Kier molecular flexibility index (Phi) is 7.40. The highest BCUT2D eigenvalue weighted by Gasteiger charge is 2.15. The molecule has 0 aromatic heterocycles. The van der Waals surface area contributed by atoms with Gasteiger partial charge in [0.2, 0.25) is 5.82 Å². The monoisotopic (exact) mass is 394 g/mol. The Morgan fingerprint density at radius 1 is 0.655 bits per heavy atom. The zero-order valence-electron chi connectivity index (χ0n) is 17.2. The van der Waals surface area contributed by atoms with Crippen LogP contribution in [0.4, 0.5) is 8.78 Å². The molecule has 0 fully saturated rings. The molecule has 3 aromatic carbocycles. The van der Waals surface area contributed by atoms with Crippen LogP contribution in [-0.4, -0.2) is 6.61 Å². The minimum absolute atomic E-state index is 0.0382. The molecule has 0 aliphatic carbocycles. The average Bonchev–Trinajstić information content (AvgIpc) is 2.76. The molecule has 0 N–H and O–H groups in total. The van der Waals surface area contributed by atoms with E-state index >= 15 is 0 Å². The number of ether oxygens (including phenoxy) is 1. The third-order valence-electron chi connectivity index (χ3n) is 5.06. The van der Waals surface area contributed by atoms with Crippen LogP contribution < -0.4 is 4.74 Å². The number of rotatable bonds is 9. The van der Waals surface area contributed by atoms with Crippen LogP contribution in [0.25, 0.3) is 22.3 Å². The molecular weight excluding hydrogens is 366 g/mol. The highest BCUT2D eigenvalue weighted by molar-refractivity contribution is 5.71. The standard InChI is InChI=1S/C26H28F2O/c1-3-5-6-7-19-8-10-20(11-9-19)21-12-14-22(15-13-21)23-16-17-24(29-18-4-2)26(28)25(23)27/h8-17H,3-7,18H2,1-2H3. The van der Waals surface area contributed by atoms with Crippen molar-refractivity contribution in [1.82, 2.24) is 0 Å². The number of hydrogen-bond acceptors (Lipinski definition) is 1. The first-order valence-electron chi connectivity index (χ1n) is 10.4. The van der Waals surface area contributed by atoms with Gasteiger partial charge in [0, 0.05) is 5.56 Å². The number of benzene rings is 3. The Labute approximate surface area is 172 Å². The molecule has 29 heavy (non-hydrogen) atoms. The van der Waals surface area contributed by atoms with Crippen molar-refractivity contribution in [3.05, 3.63) is 77.9 Å². The summed E-state index contributed by atoms with van der Waals surface area (Å²) < 4.78 is 34.0. The fourth-order valence-electron chi connectivity index (χ4n) is 3.36. The van der Waals surface area contributed by atoms with Gasteiger partial charge in [-0.15, -0.1) is 0 Å². The molecule has 0 amide bonds. The van der Waals surface area contributed by atoms with Crippen molar-refractivity contribution in [1.29, 1.82) is 0 Å². The number of aryl methyl sites for hydroxylation is 1. The normalized spacial score (nSPS) is 10.9. The molecule has 1 nitrogen and oxygen atoms in total. The summed E-state index contributed by atoms with van der Waals surface area (Å²) in [5.41, 5.74) is 4.40. The Morgan fingerprint density at radius 3 is 1.90 bits per heavy atom. The van der Waals surface area contributed by atoms with Gasteiger partial charge in [0.1, 0.15) is 0 Å². The van der Waals surface area contributed by atoms with E-state index in [9.17, 15) is 8.78 Å². The van der Waals surface area contributed by atoms with Crippen LogP contribution in [0.1, 0.15) is 45.1 Å². The second kappa shape index (κ2) is 10.2. The van der Waals surface area contributed by atoms with E-state index in [0.29, 0.717) is 12.2 Å². The van der Waals surface area contributed by atoms with Gasteiger partial charge in [-0.1, -0.05) is 75.2 Å². The summed E-state index contributed by atoms with van der Waals surface area (Å²) in [5.74, 6) is -1.84. The van der Waals surface area contributed by atoms with Crippen molar-refractivity contribution in [2.75, 3.05) is 6.61 Å². The van der Waals surface area contributed by atoms with Crippen LogP contribution >= 0.6 is 0 Å². The molecule has 152 valence electrons. The summed E-state index contributed by atoms with van der Waals surface area (Å²) in [6.45, 7) is 4.49. The molecule has 0 aliphatic heterocycles. The van der Waals surface area contributed by atoms with Crippen molar-refractivity contribution >= 4 is 0 Å². The lowest BCUT2D eigenvalue weighted by atomic mass is 9.98. The van der Waals surface area contributed by atoms with Gasteiger partial charge in [-0.2, -0.15) is 4.39 Å². The first-order valence-corrected chi connectivity index (χ1v) is 10.4. The molecule has 0 saturated carbocycles. The predicted molar refractivity (Wildman–Crippen MR) is 116 cm³/mol. The molecule has 0 aliphatic rings. The van der Waals surface area contributed by atoms with Gasteiger partial charge in [-0.25, -0.2) is 4.39 Å². The van der Waals surface area contributed by atoms with Gasteiger partial charge in [0.05, 0.1) is 6.61 Å². The minimum atomic E-state index is -0.932. The maximum atomic E-state index is 14.5. The summed E-state index contributed by atoms with van der Waals surface area (Å²) in [7, 11) is 0. The molecule has 0 spiro atoms. The molecular formula is C26H28F2O. The van der Waals surface area contributed by atoms with Gasteiger partial charge in [-0.05, 0) is 53.6 Å². The van der Waals surface area contributed by atoms with Crippen LogP contribution in [0.2, 0.25) is 0 Å². The van der Waals surface area contributed by atoms with Crippen LogP contribution in [0.5, 0.6) is 5.75 Å². The summed E-state index contributed by atoms with van der Waals surface area (Å²) >= 11 is 0. The third kappa shape index (κ3) is 5.23. The molecule has 3 rings (SSSR count). The predicted octanol–water partition coefficient (Wildman–Crippen LogP) is 7.82. The maximum Gasteiger partial charge on any atom is 0.201 e. The fourth-order valence-corrected chi connectivity index (χ4v) is 3.36. The van der Waals surface area contributed by atoms with Gasteiger partial charge >= 0.3 is 0 Å². The van der Waals surface area contributed by atoms with Crippen molar-refractivity contribution in [3.63, 3.8) is 0 Å². The van der Waals surface area contributed by atoms with E-state index in [2.05, 4.69) is 31.2 Å². The van der Waals surface area contributed by atoms with Crippen molar-refractivity contribution in [2.24, 2.45) is 0 Å². The highest BCUT2D eigenvalue weighted by Crippen LogP contribution is 2.31. The summed E-state index contributed by atoms with van der Waals surface area (Å²) in [5, 5.41) is 0. The van der Waals surface area contributed by atoms with E-state index in [1.165, 1.54) is 30.9 Å². The lowest BCUT2D eigenvalue weighted by Crippen LogP contribution is -2.00. The molecule has 3 aromatic rings. The third-order valence-corrected chi connectivity index (χ3v) is 5.06. The molecule has 0 unspecified atom stereocenters. The van der Waals surface area contributed by atoms with Gasteiger partial charge in [0.25, 0.3) is 0 Å². The van der Waals surface area contributed by atoms with E-state index in [-0.39, 0.29) is 11.3 Å². The Morgan fingerprint density at radius 2 is 1.28 bits per heavy atom. The number of hydrogen-bond donors (Lipinski definition) is 0. The van der Waals surface area contributed by atoms with Crippen LogP contribution in [0.15, 0.2) is 60.7 Å². The summed E-state index contributed by atoms with van der Waals surface area (Å²) in [4.78, 5) is 0. The summed E-state index contributed by atoms with van der Waals surface area (Å²) in [6.07, 6.45) is 5.55. The van der Waals surface area contributed by atoms with E-state index in [1.807, 2.05) is 31.2 Å². The SMILES string of the molecule is CCCCCc1ccc(-c2ccc(-c3ccc(OCCC)c(F)c3F)cc2)cc1. The second-order valence-electron chi connectivity index (χ2n) is 7.32. The number of unbranched alkanes of at least 4 members (excludes halogenated alkanes) is 2. The molecule has 3 heteroatoms. The molecule has 0 atom stereocenters.